The van der Waals surface area contributed by atoms with E-state index in [1.807, 2.05) is 28.1 Å². The van der Waals surface area contributed by atoms with Crippen molar-refractivity contribution in [1.29, 1.82) is 0 Å². The molecular formula is C18H16B3ClF2N4O2. The molecule has 5 rings (SSSR count). The highest BCUT2D eigenvalue weighted by Crippen LogP contribution is 2.51. The number of rotatable bonds is 3. The van der Waals surface area contributed by atoms with Gasteiger partial charge < -0.3 is 14.2 Å². The van der Waals surface area contributed by atoms with E-state index in [-0.39, 0.29) is 17.7 Å². The summed E-state index contributed by atoms with van der Waals surface area (Å²) < 4.78 is 33.1. The van der Waals surface area contributed by atoms with Crippen LogP contribution in [0.1, 0.15) is 40.3 Å². The highest BCUT2D eigenvalue weighted by atomic mass is 35.5. The fourth-order valence-electron chi connectivity index (χ4n) is 4.72. The lowest BCUT2D eigenvalue weighted by atomic mass is 9.48. The minimum Gasteiger partial charge on any atom is -0.434 e. The van der Waals surface area contributed by atoms with E-state index < -0.39 is 17.9 Å². The van der Waals surface area contributed by atoms with Crippen molar-refractivity contribution in [2.45, 2.75) is 30.4 Å². The number of imidazole rings is 1. The maximum atomic E-state index is 13.6. The Bertz CT molecular complexity index is 1200. The SMILES string of the molecule is BC(B)(B)N1C(=O)c2cccc(OC(F)F)c2[C@@H]2C[C@H]1c1nc3ccc(Cl)nc3n12. The molecule has 0 N–H and O–H groups in total. The van der Waals surface area contributed by atoms with Gasteiger partial charge in [-0.3, -0.25) is 4.79 Å². The molecule has 2 atom stereocenters. The molecule has 4 heterocycles. The van der Waals surface area contributed by atoms with E-state index in [0.717, 1.165) is 0 Å². The molecule has 0 saturated carbocycles. The number of hydrogen-bond acceptors (Lipinski definition) is 4. The molecule has 2 aliphatic heterocycles. The molecule has 0 fully saturated rings. The Morgan fingerprint density at radius 3 is 2.63 bits per heavy atom. The van der Waals surface area contributed by atoms with Crippen molar-refractivity contribution in [3.63, 3.8) is 0 Å². The molecule has 0 aliphatic carbocycles. The number of amides is 1. The number of alkyl halides is 2. The summed E-state index contributed by atoms with van der Waals surface area (Å²) >= 11 is 6.14. The van der Waals surface area contributed by atoms with Gasteiger partial charge in [-0.1, -0.05) is 17.7 Å². The molecule has 2 aromatic heterocycles. The predicted molar refractivity (Wildman–Crippen MR) is 116 cm³/mol. The van der Waals surface area contributed by atoms with Crippen LogP contribution in [-0.4, -0.2) is 60.7 Å². The Kier molecular flexibility index (Phi) is 4.19. The lowest BCUT2D eigenvalue weighted by Gasteiger charge is -2.40. The normalized spacial score (nSPS) is 20.4. The quantitative estimate of drug-likeness (QED) is 0.457. The topological polar surface area (TPSA) is 60.3 Å². The lowest BCUT2D eigenvalue weighted by molar-refractivity contribution is -0.0507. The highest BCUT2D eigenvalue weighted by molar-refractivity contribution is 6.60. The Morgan fingerprint density at radius 2 is 1.93 bits per heavy atom. The summed E-state index contributed by atoms with van der Waals surface area (Å²) in [5.41, 5.74) is 1.98. The third-order valence-electron chi connectivity index (χ3n) is 5.69. The highest BCUT2D eigenvalue weighted by Gasteiger charge is 2.49. The number of fused-ring (bicyclic) bond motifs is 9. The average Bonchev–Trinajstić information content (AvgIpc) is 3.13. The second-order valence-corrected chi connectivity index (χ2v) is 8.91. The first-order chi connectivity index (χ1) is 14.2. The van der Waals surface area contributed by atoms with Crippen LogP contribution in [-0.2, 0) is 0 Å². The second-order valence-electron chi connectivity index (χ2n) is 8.53. The monoisotopic (exact) mass is 426 g/mol. The average molecular weight is 426 g/mol. The number of halogens is 3. The van der Waals surface area contributed by atoms with Crippen LogP contribution in [0.3, 0.4) is 0 Å². The predicted octanol–water partition coefficient (Wildman–Crippen LogP) is 0.687. The zero-order valence-electron chi connectivity index (χ0n) is 16.6. The molecule has 3 aromatic rings. The van der Waals surface area contributed by atoms with Gasteiger partial charge >= 0.3 is 6.61 Å². The minimum atomic E-state index is -3.00. The molecule has 0 saturated heterocycles. The van der Waals surface area contributed by atoms with Crippen molar-refractivity contribution < 1.29 is 18.3 Å². The van der Waals surface area contributed by atoms with Crippen LogP contribution < -0.4 is 4.74 Å². The summed E-state index contributed by atoms with van der Waals surface area (Å²) in [6, 6.07) is 7.36. The van der Waals surface area contributed by atoms with Crippen molar-refractivity contribution >= 4 is 52.2 Å². The number of aromatic nitrogens is 3. The van der Waals surface area contributed by atoms with Crippen molar-refractivity contribution in [2.75, 3.05) is 0 Å². The number of benzene rings is 1. The van der Waals surface area contributed by atoms with E-state index in [0.29, 0.717) is 39.7 Å². The molecule has 1 amide bonds. The van der Waals surface area contributed by atoms with Gasteiger partial charge in [0.2, 0.25) is 0 Å². The van der Waals surface area contributed by atoms with Gasteiger partial charge in [-0.25, -0.2) is 9.97 Å². The molecule has 0 spiro atoms. The Labute approximate surface area is 178 Å². The standard InChI is InChI=1S/C18H16B3ClF2N4O2/c19-18(20,21)28-10-6-9(27-14-8(25-15(10)27)4-5-12(22)26-14)13-7(16(28)29)2-1-3-11(13)30-17(23)24/h1-5,9-10,17H,6,19-21H2/t9-,10-/m0/s1. The first kappa shape index (κ1) is 19.4. The maximum Gasteiger partial charge on any atom is 0.387 e. The van der Waals surface area contributed by atoms with Crippen LogP contribution in [0.2, 0.25) is 5.15 Å². The number of nitrogens with zero attached hydrogens (tertiary/aromatic N) is 4. The summed E-state index contributed by atoms with van der Waals surface area (Å²) in [6.07, 6.45) is 0.492. The third kappa shape index (κ3) is 2.75. The van der Waals surface area contributed by atoms with Gasteiger partial charge in [-0.15, -0.1) is 0 Å². The Balaban J connectivity index is 1.85. The molecule has 150 valence electrons. The summed E-state index contributed by atoms with van der Waals surface area (Å²) in [6.45, 7) is -3.00. The van der Waals surface area contributed by atoms with Crippen LogP contribution >= 0.6 is 11.6 Å². The molecule has 6 nitrogen and oxygen atoms in total. The summed E-state index contributed by atoms with van der Waals surface area (Å²) in [5, 5.41) is -0.211. The molecule has 0 radical (unpaired) electrons. The largest absolute Gasteiger partial charge is 0.434 e. The van der Waals surface area contributed by atoms with Crippen molar-refractivity contribution in [1.82, 2.24) is 19.4 Å². The van der Waals surface area contributed by atoms with E-state index in [1.165, 1.54) is 6.07 Å². The van der Waals surface area contributed by atoms with Crippen LogP contribution in [0.15, 0.2) is 30.3 Å². The molecule has 12 heteroatoms. The molecule has 2 bridgehead atoms. The first-order valence-corrected chi connectivity index (χ1v) is 10.0. The lowest BCUT2D eigenvalue weighted by Crippen LogP contribution is -2.54. The fourth-order valence-corrected chi connectivity index (χ4v) is 4.86. The van der Waals surface area contributed by atoms with Crippen LogP contribution in [0, 0.1) is 0 Å². The summed E-state index contributed by atoms with van der Waals surface area (Å²) in [4.78, 5) is 24.6. The number of ether oxygens (including phenoxy) is 1. The zero-order chi connectivity index (χ0) is 21.4. The van der Waals surface area contributed by atoms with E-state index in [4.69, 9.17) is 21.3 Å². The van der Waals surface area contributed by atoms with E-state index in [1.54, 1.807) is 29.2 Å². The van der Waals surface area contributed by atoms with E-state index in [9.17, 15) is 13.6 Å². The molecule has 0 unspecified atom stereocenters. The Hall–Kier alpha value is -2.55. The number of hydrogen-bond donors (Lipinski definition) is 0. The number of carbonyl (C=O) groups excluding carboxylic acids is 1. The van der Waals surface area contributed by atoms with Gasteiger partial charge in [-0.05, 0) is 29.5 Å². The molecule has 1 aromatic carbocycles. The molecule has 2 aliphatic rings. The smallest absolute Gasteiger partial charge is 0.387 e. The van der Waals surface area contributed by atoms with Crippen LogP contribution in [0.5, 0.6) is 5.75 Å². The summed E-state index contributed by atoms with van der Waals surface area (Å²) in [7, 11) is 5.85. The Morgan fingerprint density at radius 1 is 1.17 bits per heavy atom. The van der Waals surface area contributed by atoms with Gasteiger partial charge in [0.1, 0.15) is 45.8 Å². The maximum absolute atomic E-state index is 13.6. The third-order valence-corrected chi connectivity index (χ3v) is 5.90. The van der Waals surface area contributed by atoms with Crippen LogP contribution in [0.25, 0.3) is 11.2 Å². The van der Waals surface area contributed by atoms with Gasteiger partial charge in [-0.2, -0.15) is 8.78 Å². The minimum absolute atomic E-state index is 0.00733. The van der Waals surface area contributed by atoms with Crippen molar-refractivity contribution in [2.24, 2.45) is 0 Å². The van der Waals surface area contributed by atoms with Gasteiger partial charge in [0.15, 0.2) is 5.65 Å². The van der Waals surface area contributed by atoms with Crippen LogP contribution in [0.4, 0.5) is 8.78 Å². The van der Waals surface area contributed by atoms with Gasteiger partial charge in [0.25, 0.3) is 5.91 Å². The van der Waals surface area contributed by atoms with E-state index in [2.05, 4.69) is 4.98 Å². The van der Waals surface area contributed by atoms with Gasteiger partial charge in [0, 0.05) is 17.5 Å². The van der Waals surface area contributed by atoms with Gasteiger partial charge in [0.05, 0.1) is 12.1 Å². The summed E-state index contributed by atoms with van der Waals surface area (Å²) in [5.74, 6) is 0.437. The van der Waals surface area contributed by atoms with Crippen molar-refractivity contribution in [3.05, 3.63) is 52.4 Å². The number of carbonyl (C=O) groups is 1. The number of pyridine rings is 1. The van der Waals surface area contributed by atoms with Crippen molar-refractivity contribution in [3.8, 4) is 5.75 Å². The van der Waals surface area contributed by atoms with E-state index >= 15 is 0 Å². The second kappa shape index (κ2) is 6.47. The zero-order valence-corrected chi connectivity index (χ0v) is 17.3. The fraction of sp³-hybridized carbons (Fsp3) is 0.278. The first-order valence-electron chi connectivity index (χ1n) is 9.62. The molecule has 30 heavy (non-hydrogen) atoms. The molecular weight excluding hydrogens is 410 g/mol.